The number of aryl methyl sites for hydroxylation is 1. The minimum absolute atomic E-state index is 0.114. The number of carbonyl (C=O) groups excluding carboxylic acids is 2. The van der Waals surface area contributed by atoms with Gasteiger partial charge in [-0.25, -0.2) is 4.79 Å². The molecule has 3 rings (SSSR count). The Morgan fingerprint density at radius 2 is 1.47 bits per heavy atom. The van der Waals surface area contributed by atoms with E-state index >= 15 is 0 Å². The molecule has 3 aromatic carbocycles. The molecule has 0 spiro atoms. The van der Waals surface area contributed by atoms with Crippen LogP contribution >= 0.6 is 11.8 Å². The number of benzene rings is 3. The minimum Gasteiger partial charge on any atom is -0.480 e. The number of hydrogen-bond donors (Lipinski definition) is 2. The van der Waals surface area contributed by atoms with E-state index in [2.05, 4.69) is 5.32 Å². The van der Waals surface area contributed by atoms with E-state index < -0.39 is 17.9 Å². The summed E-state index contributed by atoms with van der Waals surface area (Å²) < 4.78 is 0. The monoisotopic (exact) mass is 473 g/mol. The van der Waals surface area contributed by atoms with E-state index in [9.17, 15) is 19.5 Å². The highest BCUT2D eigenvalue weighted by Crippen LogP contribution is 2.21. The Kier molecular flexibility index (Phi) is 9.23. The lowest BCUT2D eigenvalue weighted by molar-refractivity contribution is -0.141. The lowest BCUT2D eigenvalue weighted by Crippen LogP contribution is -2.42. The Bertz CT molecular complexity index is 1140. The Labute approximate surface area is 203 Å². The van der Waals surface area contributed by atoms with Crippen molar-refractivity contribution < 1.29 is 19.5 Å². The molecule has 34 heavy (non-hydrogen) atoms. The Balaban J connectivity index is 1.75. The number of carboxylic acids is 1. The van der Waals surface area contributed by atoms with Gasteiger partial charge in [0.25, 0.3) is 0 Å². The normalized spacial score (nSPS) is 12.1. The molecule has 2 N–H and O–H groups in total. The minimum atomic E-state index is -1.09. The van der Waals surface area contributed by atoms with E-state index in [1.165, 1.54) is 6.92 Å². The molecule has 0 aliphatic heterocycles. The van der Waals surface area contributed by atoms with Gasteiger partial charge in [0.05, 0.1) is 0 Å². The Morgan fingerprint density at radius 1 is 0.882 bits per heavy atom. The SMILES string of the molecule is CC(=O)SC/C(=C/c1ccc(-c2ccccc2)cc1)C(=O)N[C@@H](CCc1ccccc1)C(=O)O. The highest BCUT2D eigenvalue weighted by Gasteiger charge is 2.22. The summed E-state index contributed by atoms with van der Waals surface area (Å²) in [5.41, 5.74) is 4.28. The van der Waals surface area contributed by atoms with Crippen LogP contribution in [-0.2, 0) is 20.8 Å². The van der Waals surface area contributed by atoms with E-state index in [0.717, 1.165) is 34.0 Å². The molecule has 0 saturated carbocycles. The van der Waals surface area contributed by atoms with Crippen molar-refractivity contribution in [1.29, 1.82) is 0 Å². The second-order valence-electron chi connectivity index (χ2n) is 7.83. The highest BCUT2D eigenvalue weighted by atomic mass is 32.2. The van der Waals surface area contributed by atoms with Crippen molar-refractivity contribution in [2.75, 3.05) is 5.75 Å². The number of nitrogens with one attached hydrogen (secondary N) is 1. The first kappa shape index (κ1) is 25.0. The first-order valence-electron chi connectivity index (χ1n) is 11.0. The number of rotatable bonds is 10. The molecule has 6 heteroatoms. The fraction of sp³-hybridized carbons (Fsp3) is 0.179. The van der Waals surface area contributed by atoms with Crippen LogP contribution in [0.25, 0.3) is 17.2 Å². The van der Waals surface area contributed by atoms with Crippen LogP contribution in [0, 0.1) is 0 Å². The van der Waals surface area contributed by atoms with Crippen molar-refractivity contribution in [3.8, 4) is 11.1 Å². The number of aliphatic carboxylic acids is 1. The smallest absolute Gasteiger partial charge is 0.326 e. The van der Waals surface area contributed by atoms with Crippen LogP contribution in [0.1, 0.15) is 24.5 Å². The van der Waals surface area contributed by atoms with Crippen LogP contribution < -0.4 is 5.32 Å². The maximum atomic E-state index is 13.0. The van der Waals surface area contributed by atoms with Gasteiger partial charge in [0.1, 0.15) is 6.04 Å². The molecule has 1 amide bonds. The molecule has 3 aromatic rings. The fourth-order valence-corrected chi connectivity index (χ4v) is 3.99. The maximum absolute atomic E-state index is 13.0. The molecule has 5 nitrogen and oxygen atoms in total. The molecular formula is C28H27NO4S. The number of thioether (sulfide) groups is 1. The van der Waals surface area contributed by atoms with Crippen LogP contribution in [0.4, 0.5) is 0 Å². The number of carbonyl (C=O) groups is 3. The average Bonchev–Trinajstić information content (AvgIpc) is 2.85. The number of hydrogen-bond acceptors (Lipinski definition) is 4. The van der Waals surface area contributed by atoms with Crippen molar-refractivity contribution in [2.45, 2.75) is 25.8 Å². The third kappa shape index (κ3) is 7.74. The maximum Gasteiger partial charge on any atom is 0.326 e. The standard InChI is InChI=1S/C28H27NO4S/c1-20(30)34-19-25(18-22-12-15-24(16-13-22)23-10-6-3-7-11-23)27(31)29-26(28(32)33)17-14-21-8-4-2-5-9-21/h2-13,15-16,18,26H,14,17,19H2,1H3,(H,29,31)(H,32,33)/b25-18-/t26-/m0/s1. The van der Waals surface area contributed by atoms with Crippen molar-refractivity contribution in [2.24, 2.45) is 0 Å². The molecule has 0 fully saturated rings. The van der Waals surface area contributed by atoms with Crippen molar-refractivity contribution in [3.63, 3.8) is 0 Å². The molecule has 0 aromatic heterocycles. The molecule has 0 aliphatic rings. The fourth-order valence-electron chi connectivity index (χ4n) is 3.42. The molecule has 0 radical (unpaired) electrons. The lowest BCUT2D eigenvalue weighted by atomic mass is 10.0. The molecule has 0 unspecified atom stereocenters. The third-order valence-corrected chi connectivity index (χ3v) is 6.11. The van der Waals surface area contributed by atoms with Gasteiger partial charge in [-0.15, -0.1) is 0 Å². The largest absolute Gasteiger partial charge is 0.480 e. The van der Waals surface area contributed by atoms with Gasteiger partial charge >= 0.3 is 5.97 Å². The zero-order chi connectivity index (χ0) is 24.3. The molecule has 0 saturated heterocycles. The second-order valence-corrected chi connectivity index (χ2v) is 8.98. The summed E-state index contributed by atoms with van der Waals surface area (Å²) in [5, 5.41) is 12.2. The summed E-state index contributed by atoms with van der Waals surface area (Å²) in [6.45, 7) is 1.44. The number of amides is 1. The van der Waals surface area contributed by atoms with Gasteiger partial charge in [0, 0.05) is 18.2 Å². The zero-order valence-electron chi connectivity index (χ0n) is 18.9. The summed E-state index contributed by atoms with van der Waals surface area (Å²) in [7, 11) is 0. The summed E-state index contributed by atoms with van der Waals surface area (Å²) >= 11 is 1.02. The van der Waals surface area contributed by atoms with Gasteiger partial charge < -0.3 is 10.4 Å². The van der Waals surface area contributed by atoms with Crippen LogP contribution in [0.5, 0.6) is 0 Å². The van der Waals surface area contributed by atoms with Gasteiger partial charge in [0.2, 0.25) is 5.91 Å². The van der Waals surface area contributed by atoms with Gasteiger partial charge in [-0.05, 0) is 41.2 Å². The lowest BCUT2D eigenvalue weighted by Gasteiger charge is -2.16. The van der Waals surface area contributed by atoms with E-state index in [1.54, 1.807) is 6.08 Å². The highest BCUT2D eigenvalue weighted by molar-refractivity contribution is 8.13. The quantitative estimate of drug-likeness (QED) is 0.395. The van der Waals surface area contributed by atoms with Gasteiger partial charge in [-0.1, -0.05) is 96.7 Å². The molecular weight excluding hydrogens is 446 g/mol. The Morgan fingerprint density at radius 3 is 2.06 bits per heavy atom. The van der Waals surface area contributed by atoms with Crippen LogP contribution in [-0.4, -0.2) is 33.9 Å². The Hall–Kier alpha value is -3.64. The first-order valence-corrected chi connectivity index (χ1v) is 12.0. The second kappa shape index (κ2) is 12.6. The zero-order valence-corrected chi connectivity index (χ0v) is 19.8. The molecule has 0 heterocycles. The topological polar surface area (TPSA) is 83.5 Å². The van der Waals surface area contributed by atoms with E-state index in [1.807, 2.05) is 84.9 Å². The van der Waals surface area contributed by atoms with Gasteiger partial charge in [0.15, 0.2) is 5.12 Å². The van der Waals surface area contributed by atoms with E-state index in [4.69, 9.17) is 0 Å². The summed E-state index contributed by atoms with van der Waals surface area (Å²) in [4.78, 5) is 36.3. The van der Waals surface area contributed by atoms with Crippen molar-refractivity contribution in [1.82, 2.24) is 5.32 Å². The predicted octanol–water partition coefficient (Wildman–Crippen LogP) is 5.22. The summed E-state index contributed by atoms with van der Waals surface area (Å²) in [5.74, 6) is -1.41. The van der Waals surface area contributed by atoms with Crippen LogP contribution in [0.15, 0.2) is 90.5 Å². The average molecular weight is 474 g/mol. The van der Waals surface area contributed by atoms with Crippen molar-refractivity contribution in [3.05, 3.63) is 102 Å². The number of carboxylic acid groups (broad SMARTS) is 1. The van der Waals surface area contributed by atoms with E-state index in [0.29, 0.717) is 12.0 Å². The molecule has 174 valence electrons. The summed E-state index contributed by atoms with van der Waals surface area (Å²) in [6, 6.07) is 26.2. The summed E-state index contributed by atoms with van der Waals surface area (Å²) in [6.07, 6.45) is 2.50. The predicted molar refractivity (Wildman–Crippen MR) is 137 cm³/mol. The first-order chi connectivity index (χ1) is 16.4. The van der Waals surface area contributed by atoms with Crippen LogP contribution in [0.2, 0.25) is 0 Å². The van der Waals surface area contributed by atoms with Crippen LogP contribution in [0.3, 0.4) is 0 Å². The molecule has 0 bridgehead atoms. The van der Waals surface area contributed by atoms with Gasteiger partial charge in [-0.2, -0.15) is 0 Å². The van der Waals surface area contributed by atoms with E-state index in [-0.39, 0.29) is 17.3 Å². The third-order valence-electron chi connectivity index (χ3n) is 5.25. The van der Waals surface area contributed by atoms with Crippen molar-refractivity contribution >= 4 is 34.8 Å². The molecule has 0 aliphatic carbocycles. The molecule has 1 atom stereocenters. The van der Waals surface area contributed by atoms with Gasteiger partial charge in [-0.3, -0.25) is 9.59 Å².